The van der Waals surface area contributed by atoms with Crippen molar-refractivity contribution in [2.45, 2.75) is 13.2 Å². The summed E-state index contributed by atoms with van der Waals surface area (Å²) in [6, 6.07) is 9.42. The van der Waals surface area contributed by atoms with Crippen molar-refractivity contribution in [1.82, 2.24) is 0 Å². The third-order valence-electron chi connectivity index (χ3n) is 2.67. The smallest absolute Gasteiger partial charge is 0.125 e. The molecule has 100 valence electrons. The Hall–Kier alpha value is -1.29. The zero-order valence-corrected chi connectivity index (χ0v) is 11.5. The molecule has 0 aromatic heterocycles. The predicted octanol–water partition coefficient (Wildman–Crippen LogP) is 4.17. The van der Waals surface area contributed by atoms with Crippen LogP contribution in [0.3, 0.4) is 0 Å². The summed E-state index contributed by atoms with van der Waals surface area (Å²) in [4.78, 5) is 0. The van der Waals surface area contributed by atoms with Gasteiger partial charge in [0, 0.05) is 27.7 Å². The lowest BCUT2D eigenvalue weighted by molar-refractivity contribution is 0.302. The van der Waals surface area contributed by atoms with Crippen LogP contribution >= 0.6 is 23.2 Å². The second-order valence-electron chi connectivity index (χ2n) is 3.95. The molecule has 0 fully saturated rings. The molecule has 2 nitrogen and oxygen atoms in total. The highest BCUT2D eigenvalue weighted by atomic mass is 35.5. The van der Waals surface area contributed by atoms with Crippen molar-refractivity contribution in [3.05, 3.63) is 63.4 Å². The summed E-state index contributed by atoms with van der Waals surface area (Å²) >= 11 is 12.0. The number of nitrogens with two attached hydrogens (primary N) is 1. The van der Waals surface area contributed by atoms with Crippen LogP contribution < -0.4 is 10.5 Å². The van der Waals surface area contributed by atoms with Crippen molar-refractivity contribution in [3.63, 3.8) is 0 Å². The lowest BCUT2D eigenvalue weighted by Gasteiger charge is -2.12. The minimum absolute atomic E-state index is 0.157. The van der Waals surface area contributed by atoms with E-state index in [2.05, 4.69) is 0 Å². The number of hydrogen-bond acceptors (Lipinski definition) is 2. The number of halogens is 3. The fraction of sp³-hybridized carbons (Fsp3) is 0.143. The Kier molecular flexibility index (Phi) is 4.64. The fourth-order valence-corrected chi connectivity index (χ4v) is 2.10. The van der Waals surface area contributed by atoms with Crippen LogP contribution in [0.1, 0.15) is 11.1 Å². The molecule has 0 radical (unpaired) electrons. The van der Waals surface area contributed by atoms with Crippen molar-refractivity contribution in [2.24, 2.45) is 5.73 Å². The summed E-state index contributed by atoms with van der Waals surface area (Å²) < 4.78 is 18.7. The molecule has 0 heterocycles. The van der Waals surface area contributed by atoms with Crippen LogP contribution in [-0.2, 0) is 13.2 Å². The van der Waals surface area contributed by atoms with E-state index in [9.17, 15) is 4.39 Å². The molecule has 0 aliphatic rings. The molecule has 0 amide bonds. The van der Waals surface area contributed by atoms with Gasteiger partial charge in [-0.05, 0) is 30.3 Å². The van der Waals surface area contributed by atoms with Crippen molar-refractivity contribution in [2.75, 3.05) is 0 Å². The molecule has 2 N–H and O–H groups in total. The van der Waals surface area contributed by atoms with Gasteiger partial charge in [0.05, 0.1) is 0 Å². The Balaban J connectivity index is 2.19. The first-order chi connectivity index (χ1) is 9.11. The molecule has 0 saturated carbocycles. The normalized spacial score (nSPS) is 10.5. The standard InChI is InChI=1S/C14H12Cl2FNO/c15-12-5-4-10(17)6-9(12)8-19-14-3-1-2-13(16)11(14)7-18/h1-6H,7-8,18H2. The van der Waals surface area contributed by atoms with Gasteiger partial charge in [-0.3, -0.25) is 0 Å². The van der Waals surface area contributed by atoms with Gasteiger partial charge >= 0.3 is 0 Å². The van der Waals surface area contributed by atoms with Crippen LogP contribution in [0.25, 0.3) is 0 Å². The molecular formula is C14H12Cl2FNO. The summed E-state index contributed by atoms with van der Waals surface area (Å²) in [5.74, 6) is 0.225. The van der Waals surface area contributed by atoms with E-state index in [1.54, 1.807) is 18.2 Å². The Morgan fingerprint density at radius 2 is 1.89 bits per heavy atom. The first kappa shape index (κ1) is 14.1. The van der Waals surface area contributed by atoms with Gasteiger partial charge in [0.25, 0.3) is 0 Å². The maximum atomic E-state index is 13.1. The monoisotopic (exact) mass is 299 g/mol. The average molecular weight is 300 g/mol. The van der Waals surface area contributed by atoms with Crippen LogP contribution in [0, 0.1) is 5.82 Å². The first-order valence-corrected chi connectivity index (χ1v) is 6.41. The van der Waals surface area contributed by atoms with Gasteiger partial charge in [-0.2, -0.15) is 0 Å². The second kappa shape index (κ2) is 6.24. The van der Waals surface area contributed by atoms with Gasteiger partial charge in [0.1, 0.15) is 18.2 Å². The number of ether oxygens (including phenoxy) is 1. The van der Waals surface area contributed by atoms with Crippen LogP contribution in [0.5, 0.6) is 5.75 Å². The van der Waals surface area contributed by atoms with Gasteiger partial charge < -0.3 is 10.5 Å². The summed E-state index contributed by atoms with van der Waals surface area (Å²) in [6.45, 7) is 0.426. The molecule has 19 heavy (non-hydrogen) atoms. The quantitative estimate of drug-likeness (QED) is 0.919. The molecule has 0 saturated heterocycles. The number of benzene rings is 2. The van der Waals surface area contributed by atoms with Gasteiger partial charge in [-0.25, -0.2) is 4.39 Å². The third-order valence-corrected chi connectivity index (χ3v) is 3.39. The zero-order valence-electron chi connectivity index (χ0n) is 10.00. The Morgan fingerprint density at radius 3 is 2.63 bits per heavy atom. The Morgan fingerprint density at radius 1 is 1.11 bits per heavy atom. The molecule has 0 atom stereocenters. The van der Waals surface area contributed by atoms with Crippen LogP contribution in [-0.4, -0.2) is 0 Å². The lowest BCUT2D eigenvalue weighted by Crippen LogP contribution is -2.04. The highest BCUT2D eigenvalue weighted by molar-refractivity contribution is 6.31. The molecule has 0 aliphatic heterocycles. The maximum absolute atomic E-state index is 13.1. The molecule has 2 aromatic carbocycles. The van der Waals surface area contributed by atoms with Crippen molar-refractivity contribution >= 4 is 23.2 Å². The molecule has 5 heteroatoms. The molecule has 2 aromatic rings. The van der Waals surface area contributed by atoms with E-state index in [-0.39, 0.29) is 19.0 Å². The molecule has 0 unspecified atom stereocenters. The van der Waals surface area contributed by atoms with Gasteiger partial charge in [-0.1, -0.05) is 29.3 Å². The summed E-state index contributed by atoms with van der Waals surface area (Å²) in [6.07, 6.45) is 0. The molecular weight excluding hydrogens is 288 g/mol. The highest BCUT2D eigenvalue weighted by Crippen LogP contribution is 2.27. The highest BCUT2D eigenvalue weighted by Gasteiger charge is 2.08. The topological polar surface area (TPSA) is 35.2 Å². The zero-order chi connectivity index (χ0) is 13.8. The molecule has 0 aliphatic carbocycles. The Bertz CT molecular complexity index is 590. The summed E-state index contributed by atoms with van der Waals surface area (Å²) in [7, 11) is 0. The van der Waals surface area contributed by atoms with Crippen LogP contribution in [0.2, 0.25) is 10.0 Å². The maximum Gasteiger partial charge on any atom is 0.125 e. The molecule has 0 bridgehead atoms. The number of rotatable bonds is 4. The third kappa shape index (κ3) is 3.38. The lowest BCUT2D eigenvalue weighted by atomic mass is 10.2. The fourth-order valence-electron chi connectivity index (χ4n) is 1.68. The van der Waals surface area contributed by atoms with E-state index in [1.165, 1.54) is 18.2 Å². The minimum atomic E-state index is -0.354. The van der Waals surface area contributed by atoms with E-state index < -0.39 is 0 Å². The second-order valence-corrected chi connectivity index (χ2v) is 4.76. The van der Waals surface area contributed by atoms with E-state index in [0.29, 0.717) is 21.4 Å². The average Bonchev–Trinajstić information content (AvgIpc) is 2.40. The van der Waals surface area contributed by atoms with Gasteiger partial charge in [-0.15, -0.1) is 0 Å². The molecule has 0 spiro atoms. The first-order valence-electron chi connectivity index (χ1n) is 5.66. The van der Waals surface area contributed by atoms with Crippen LogP contribution in [0.4, 0.5) is 4.39 Å². The van der Waals surface area contributed by atoms with E-state index in [1.807, 2.05) is 0 Å². The Labute approximate surface area is 120 Å². The van der Waals surface area contributed by atoms with Crippen molar-refractivity contribution in [3.8, 4) is 5.75 Å². The van der Waals surface area contributed by atoms with E-state index >= 15 is 0 Å². The van der Waals surface area contributed by atoms with Crippen molar-refractivity contribution in [1.29, 1.82) is 0 Å². The minimum Gasteiger partial charge on any atom is -0.488 e. The van der Waals surface area contributed by atoms with E-state index in [0.717, 1.165) is 5.56 Å². The van der Waals surface area contributed by atoms with E-state index in [4.69, 9.17) is 33.7 Å². The van der Waals surface area contributed by atoms with Crippen LogP contribution in [0.15, 0.2) is 36.4 Å². The number of hydrogen-bond donors (Lipinski definition) is 1. The summed E-state index contributed by atoms with van der Waals surface area (Å²) in [5.41, 5.74) is 6.92. The SMILES string of the molecule is NCc1c(Cl)cccc1OCc1cc(F)ccc1Cl. The predicted molar refractivity (Wildman–Crippen MR) is 75.1 cm³/mol. The summed E-state index contributed by atoms with van der Waals surface area (Å²) in [5, 5.41) is 1.00. The van der Waals surface area contributed by atoms with Gasteiger partial charge in [0.2, 0.25) is 0 Å². The van der Waals surface area contributed by atoms with Gasteiger partial charge in [0.15, 0.2) is 0 Å². The largest absolute Gasteiger partial charge is 0.488 e. The van der Waals surface area contributed by atoms with Crippen molar-refractivity contribution < 1.29 is 9.13 Å². The molecule has 2 rings (SSSR count).